The number of benzene rings is 4. The first-order valence-electron chi connectivity index (χ1n) is 14.5. The molecule has 4 aromatic rings. The molecule has 0 radical (unpaired) electrons. The van der Waals surface area contributed by atoms with E-state index in [9.17, 15) is 19.5 Å². The van der Waals surface area contributed by atoms with Crippen molar-refractivity contribution in [2.24, 2.45) is 11.8 Å². The van der Waals surface area contributed by atoms with Gasteiger partial charge in [-0.1, -0.05) is 104 Å². The highest BCUT2D eigenvalue weighted by Crippen LogP contribution is 2.40. The molecule has 220 valence electrons. The van der Waals surface area contributed by atoms with Crippen molar-refractivity contribution in [3.8, 4) is 11.5 Å². The van der Waals surface area contributed by atoms with Gasteiger partial charge in [-0.3, -0.25) is 9.59 Å². The van der Waals surface area contributed by atoms with E-state index in [0.717, 1.165) is 29.5 Å². The van der Waals surface area contributed by atoms with Gasteiger partial charge in [0.2, 0.25) is 0 Å². The van der Waals surface area contributed by atoms with Crippen molar-refractivity contribution >= 4 is 17.7 Å². The number of aromatic carboxylic acids is 1. The summed E-state index contributed by atoms with van der Waals surface area (Å²) in [7, 11) is 0. The molecule has 1 N–H and O–H groups in total. The first-order chi connectivity index (χ1) is 21.0. The second-order valence-corrected chi connectivity index (χ2v) is 10.7. The van der Waals surface area contributed by atoms with Crippen LogP contribution < -0.4 is 9.47 Å². The number of carbonyl (C=O) groups is 3. The first kappa shape index (κ1) is 29.6. The molecule has 0 bridgehead atoms. The smallest absolute Gasteiger partial charge is 0.335 e. The predicted octanol–water partition coefficient (Wildman–Crippen LogP) is 7.28. The van der Waals surface area contributed by atoms with Gasteiger partial charge in [0.15, 0.2) is 5.78 Å². The Morgan fingerprint density at radius 3 is 1.53 bits per heavy atom. The van der Waals surface area contributed by atoms with Crippen LogP contribution in [0.15, 0.2) is 103 Å². The summed E-state index contributed by atoms with van der Waals surface area (Å²) in [6.45, 7) is 0.367. The van der Waals surface area contributed by atoms with Gasteiger partial charge in [-0.25, -0.2) is 4.79 Å². The SMILES string of the molecule is O=C(O)c1cc(OCc2ccccc2)c(C(=O)[C@H]2CCCC[C@H]2C(=O)OCc2ccccc2)c(OCc2ccccc2)c1. The number of esters is 1. The lowest BCUT2D eigenvalue weighted by atomic mass is 9.75. The number of carboxylic acids is 1. The Morgan fingerprint density at radius 1 is 0.628 bits per heavy atom. The van der Waals surface area contributed by atoms with E-state index in [4.69, 9.17) is 14.2 Å². The normalized spacial score (nSPS) is 16.2. The van der Waals surface area contributed by atoms with Crippen LogP contribution in [0.25, 0.3) is 0 Å². The van der Waals surface area contributed by atoms with Crippen molar-refractivity contribution in [1.82, 2.24) is 0 Å². The van der Waals surface area contributed by atoms with Crippen molar-refractivity contribution in [3.05, 3.63) is 131 Å². The number of Topliss-reactive ketones (excluding diaryl/α,β-unsaturated/α-hetero) is 1. The Bertz CT molecular complexity index is 1470. The molecule has 5 rings (SSSR count). The molecule has 0 aliphatic heterocycles. The van der Waals surface area contributed by atoms with E-state index in [1.165, 1.54) is 12.1 Å². The molecule has 1 aliphatic carbocycles. The van der Waals surface area contributed by atoms with Gasteiger partial charge in [-0.05, 0) is 41.7 Å². The third-order valence-electron chi connectivity index (χ3n) is 7.66. The molecule has 0 saturated heterocycles. The van der Waals surface area contributed by atoms with Gasteiger partial charge >= 0.3 is 11.9 Å². The van der Waals surface area contributed by atoms with E-state index < -0.39 is 23.8 Å². The Hall–Kier alpha value is -4.91. The van der Waals surface area contributed by atoms with Gasteiger partial charge in [0.25, 0.3) is 0 Å². The van der Waals surface area contributed by atoms with Crippen LogP contribution >= 0.6 is 0 Å². The highest BCUT2D eigenvalue weighted by molar-refractivity contribution is 6.05. The van der Waals surface area contributed by atoms with Gasteiger partial charge in [0, 0.05) is 5.92 Å². The number of ether oxygens (including phenoxy) is 3. The molecule has 4 aromatic carbocycles. The van der Waals surface area contributed by atoms with Crippen LogP contribution in [0.3, 0.4) is 0 Å². The molecule has 1 aliphatic rings. The number of rotatable bonds is 12. The van der Waals surface area contributed by atoms with Crippen molar-refractivity contribution < 1.29 is 33.7 Å². The molecule has 0 heterocycles. The summed E-state index contributed by atoms with van der Waals surface area (Å²) in [6.07, 6.45) is 2.62. The van der Waals surface area contributed by atoms with Crippen LogP contribution in [-0.4, -0.2) is 22.8 Å². The summed E-state index contributed by atoms with van der Waals surface area (Å²) in [4.78, 5) is 39.9. The highest BCUT2D eigenvalue weighted by atomic mass is 16.5. The Labute approximate surface area is 251 Å². The molecule has 7 heteroatoms. The fourth-order valence-electron chi connectivity index (χ4n) is 5.40. The minimum atomic E-state index is -1.17. The van der Waals surface area contributed by atoms with Crippen LogP contribution in [-0.2, 0) is 29.4 Å². The van der Waals surface area contributed by atoms with Gasteiger partial charge in [0.1, 0.15) is 36.9 Å². The molecule has 0 unspecified atom stereocenters. The minimum absolute atomic E-state index is 0.0647. The molecule has 1 saturated carbocycles. The minimum Gasteiger partial charge on any atom is -0.488 e. The fraction of sp³-hybridized carbons (Fsp3) is 0.250. The topological polar surface area (TPSA) is 99.1 Å². The molecule has 0 aromatic heterocycles. The zero-order valence-electron chi connectivity index (χ0n) is 23.8. The van der Waals surface area contributed by atoms with Crippen LogP contribution in [0.1, 0.15) is 63.1 Å². The van der Waals surface area contributed by atoms with Crippen molar-refractivity contribution in [2.45, 2.75) is 45.5 Å². The summed E-state index contributed by atoms with van der Waals surface area (Å²) in [5.41, 5.74) is 2.66. The van der Waals surface area contributed by atoms with Crippen molar-refractivity contribution in [2.75, 3.05) is 0 Å². The van der Waals surface area contributed by atoms with Crippen molar-refractivity contribution in [3.63, 3.8) is 0 Å². The van der Waals surface area contributed by atoms with Gasteiger partial charge < -0.3 is 19.3 Å². The summed E-state index contributed by atoms with van der Waals surface area (Å²) in [6, 6.07) is 31.0. The average molecular weight is 579 g/mol. The molecule has 7 nitrogen and oxygen atoms in total. The molecule has 0 spiro atoms. The average Bonchev–Trinajstić information content (AvgIpc) is 3.06. The Kier molecular flexibility index (Phi) is 9.85. The fourth-order valence-corrected chi connectivity index (χ4v) is 5.40. The van der Waals surface area contributed by atoms with Crippen LogP contribution in [0.5, 0.6) is 11.5 Å². The van der Waals surface area contributed by atoms with Gasteiger partial charge in [-0.2, -0.15) is 0 Å². The lowest BCUT2D eigenvalue weighted by molar-refractivity contribution is -0.152. The van der Waals surface area contributed by atoms with E-state index in [-0.39, 0.29) is 48.2 Å². The second-order valence-electron chi connectivity index (χ2n) is 10.7. The standard InChI is InChI=1S/C36H34O7/c37-34(29-18-10-11-19-30(29)36(40)43-24-27-16-8-3-9-17-27)33-31(41-22-25-12-4-1-5-13-25)20-28(35(38)39)21-32(33)42-23-26-14-6-2-7-15-26/h1-9,12-17,20-21,29-30H,10-11,18-19,22-24H2,(H,38,39)/t29-,30+/m0/s1. The van der Waals surface area contributed by atoms with Crippen LogP contribution in [0.4, 0.5) is 0 Å². The molecular formula is C36H34O7. The van der Waals surface area contributed by atoms with E-state index in [2.05, 4.69) is 0 Å². The third kappa shape index (κ3) is 7.68. The number of carbonyl (C=O) groups excluding carboxylic acids is 2. The van der Waals surface area contributed by atoms with E-state index >= 15 is 0 Å². The number of hydrogen-bond acceptors (Lipinski definition) is 6. The summed E-state index contributed by atoms with van der Waals surface area (Å²) < 4.78 is 18.0. The number of ketones is 1. The Morgan fingerprint density at radius 2 is 1.07 bits per heavy atom. The van der Waals surface area contributed by atoms with E-state index in [1.807, 2.05) is 91.0 Å². The Balaban J connectivity index is 1.48. The molecule has 43 heavy (non-hydrogen) atoms. The van der Waals surface area contributed by atoms with Crippen LogP contribution in [0.2, 0.25) is 0 Å². The first-order valence-corrected chi connectivity index (χ1v) is 14.5. The van der Waals surface area contributed by atoms with Gasteiger partial charge in [-0.15, -0.1) is 0 Å². The maximum absolute atomic E-state index is 14.4. The number of hydrogen-bond donors (Lipinski definition) is 1. The van der Waals surface area contributed by atoms with E-state index in [1.54, 1.807) is 0 Å². The third-order valence-corrected chi connectivity index (χ3v) is 7.66. The van der Waals surface area contributed by atoms with Gasteiger partial charge in [0.05, 0.1) is 11.5 Å². The second kappa shape index (κ2) is 14.3. The largest absolute Gasteiger partial charge is 0.488 e. The van der Waals surface area contributed by atoms with Crippen molar-refractivity contribution in [1.29, 1.82) is 0 Å². The molecule has 2 atom stereocenters. The zero-order valence-corrected chi connectivity index (χ0v) is 23.8. The number of carboxylic acid groups (broad SMARTS) is 1. The van der Waals surface area contributed by atoms with Crippen LogP contribution in [0, 0.1) is 11.8 Å². The summed E-state index contributed by atoms with van der Waals surface area (Å²) in [5, 5.41) is 9.89. The molecule has 1 fully saturated rings. The molecular weight excluding hydrogens is 544 g/mol. The highest BCUT2D eigenvalue weighted by Gasteiger charge is 2.39. The molecule has 0 amide bonds. The van der Waals surface area contributed by atoms with E-state index in [0.29, 0.717) is 12.8 Å². The quantitative estimate of drug-likeness (QED) is 0.139. The maximum Gasteiger partial charge on any atom is 0.335 e. The predicted molar refractivity (Wildman–Crippen MR) is 161 cm³/mol. The summed E-state index contributed by atoms with van der Waals surface area (Å²) in [5.74, 6) is -2.98. The lowest BCUT2D eigenvalue weighted by Crippen LogP contribution is -2.34. The lowest BCUT2D eigenvalue weighted by Gasteiger charge is -2.30. The monoisotopic (exact) mass is 578 g/mol. The maximum atomic E-state index is 14.4. The zero-order chi connectivity index (χ0) is 30.0. The summed E-state index contributed by atoms with van der Waals surface area (Å²) >= 11 is 0.